The van der Waals surface area contributed by atoms with Crippen molar-refractivity contribution >= 4 is 5.78 Å². The largest absolute Gasteiger partial charge is 0.299 e. The summed E-state index contributed by atoms with van der Waals surface area (Å²) in [5, 5.41) is 0. The van der Waals surface area contributed by atoms with E-state index >= 15 is 0 Å². The van der Waals surface area contributed by atoms with Crippen molar-refractivity contribution in [1.29, 1.82) is 0 Å². The molecule has 0 aromatic heterocycles. The van der Waals surface area contributed by atoms with E-state index in [1.54, 1.807) is 0 Å². The number of benzene rings is 1. The van der Waals surface area contributed by atoms with Gasteiger partial charge in [0.2, 0.25) is 0 Å². The molecule has 0 spiro atoms. The van der Waals surface area contributed by atoms with Crippen molar-refractivity contribution < 1.29 is 4.79 Å². The molecular weight excluding hydrogens is 220 g/mol. The minimum Gasteiger partial charge on any atom is -0.299 e. The molecule has 1 fully saturated rings. The van der Waals surface area contributed by atoms with Gasteiger partial charge in [0, 0.05) is 12.3 Å². The van der Waals surface area contributed by atoms with Gasteiger partial charge in [0.15, 0.2) is 0 Å². The lowest BCUT2D eigenvalue weighted by atomic mass is 9.74. The van der Waals surface area contributed by atoms with E-state index in [1.165, 1.54) is 12.0 Å². The van der Waals surface area contributed by atoms with Crippen molar-refractivity contribution in [2.75, 3.05) is 0 Å². The van der Waals surface area contributed by atoms with Gasteiger partial charge in [-0.05, 0) is 43.1 Å². The molecule has 18 heavy (non-hydrogen) atoms. The molecule has 0 saturated heterocycles. The Morgan fingerprint density at radius 3 is 2.50 bits per heavy atom. The highest BCUT2D eigenvalue weighted by molar-refractivity contribution is 5.81. The Labute approximate surface area is 111 Å². The van der Waals surface area contributed by atoms with Crippen molar-refractivity contribution in [3.05, 3.63) is 35.9 Å². The second kappa shape index (κ2) is 6.17. The number of carbonyl (C=O) groups is 1. The summed E-state index contributed by atoms with van der Waals surface area (Å²) in [6.45, 7) is 4.61. The van der Waals surface area contributed by atoms with Gasteiger partial charge in [-0.1, -0.05) is 44.2 Å². The normalized spacial score (nSPS) is 28.0. The minimum absolute atomic E-state index is 0.333. The number of aryl methyl sites for hydroxylation is 1. The highest BCUT2D eigenvalue weighted by Gasteiger charge is 2.28. The van der Waals surface area contributed by atoms with E-state index in [0.29, 0.717) is 17.6 Å². The van der Waals surface area contributed by atoms with E-state index in [-0.39, 0.29) is 0 Å². The molecular formula is C17H24O. The molecule has 0 bridgehead atoms. The molecule has 98 valence electrons. The van der Waals surface area contributed by atoms with Crippen LogP contribution in [0.1, 0.15) is 45.1 Å². The van der Waals surface area contributed by atoms with Gasteiger partial charge in [0.05, 0.1) is 0 Å². The van der Waals surface area contributed by atoms with E-state index in [2.05, 4.69) is 26.0 Å². The molecule has 1 heteroatoms. The van der Waals surface area contributed by atoms with Crippen LogP contribution < -0.4 is 0 Å². The van der Waals surface area contributed by atoms with Crippen molar-refractivity contribution in [3.63, 3.8) is 0 Å². The van der Waals surface area contributed by atoms with Crippen molar-refractivity contribution in [2.45, 2.75) is 46.0 Å². The second-order valence-corrected chi connectivity index (χ2v) is 5.92. The summed E-state index contributed by atoms with van der Waals surface area (Å²) in [7, 11) is 0. The number of carbonyl (C=O) groups excluding carboxylic acids is 1. The zero-order valence-corrected chi connectivity index (χ0v) is 11.6. The summed E-state index contributed by atoms with van der Waals surface area (Å²) < 4.78 is 0. The molecule has 0 radical (unpaired) electrons. The van der Waals surface area contributed by atoms with Crippen LogP contribution in [0.3, 0.4) is 0 Å². The Morgan fingerprint density at radius 2 is 1.83 bits per heavy atom. The molecule has 1 saturated carbocycles. The van der Waals surface area contributed by atoms with Crippen LogP contribution in [0.4, 0.5) is 0 Å². The summed E-state index contributed by atoms with van der Waals surface area (Å²) in [6.07, 6.45) is 5.06. The van der Waals surface area contributed by atoms with Gasteiger partial charge < -0.3 is 0 Å². The molecule has 0 heterocycles. The van der Waals surface area contributed by atoms with Gasteiger partial charge >= 0.3 is 0 Å². The number of Topliss-reactive ketones (excluding diaryl/α,β-unsaturated/α-hetero) is 1. The fraction of sp³-hybridized carbons (Fsp3) is 0.588. The minimum atomic E-state index is 0.333. The number of ketones is 1. The molecule has 0 aliphatic heterocycles. The molecule has 0 N–H and O–H groups in total. The van der Waals surface area contributed by atoms with Crippen LogP contribution in [-0.4, -0.2) is 5.78 Å². The van der Waals surface area contributed by atoms with Crippen LogP contribution in [0.15, 0.2) is 30.3 Å². The molecule has 0 amide bonds. The fourth-order valence-electron chi connectivity index (χ4n) is 2.96. The molecule has 1 aromatic rings. The van der Waals surface area contributed by atoms with E-state index in [9.17, 15) is 4.79 Å². The summed E-state index contributed by atoms with van der Waals surface area (Å²) in [6, 6.07) is 10.3. The maximum Gasteiger partial charge on any atom is 0.136 e. The predicted octanol–water partition coefficient (Wildman–Crippen LogP) is 4.26. The first-order chi connectivity index (χ1) is 8.66. The molecule has 1 aliphatic carbocycles. The third-order valence-corrected chi connectivity index (χ3v) is 4.56. The van der Waals surface area contributed by atoms with Gasteiger partial charge in [0.25, 0.3) is 0 Å². The zero-order chi connectivity index (χ0) is 13.0. The van der Waals surface area contributed by atoms with Crippen molar-refractivity contribution in [2.24, 2.45) is 17.8 Å². The molecule has 1 aromatic carbocycles. The van der Waals surface area contributed by atoms with E-state index < -0.39 is 0 Å². The van der Waals surface area contributed by atoms with E-state index in [1.807, 2.05) is 18.2 Å². The van der Waals surface area contributed by atoms with Crippen LogP contribution >= 0.6 is 0 Å². The van der Waals surface area contributed by atoms with Gasteiger partial charge in [0.1, 0.15) is 5.78 Å². The quantitative estimate of drug-likeness (QED) is 0.773. The number of rotatable bonds is 4. The first-order valence-electron chi connectivity index (χ1n) is 7.23. The van der Waals surface area contributed by atoms with Gasteiger partial charge in [-0.3, -0.25) is 4.79 Å². The fourth-order valence-corrected chi connectivity index (χ4v) is 2.96. The third kappa shape index (κ3) is 3.44. The Bertz CT molecular complexity index is 382. The third-order valence-electron chi connectivity index (χ3n) is 4.56. The Kier molecular flexibility index (Phi) is 4.57. The predicted molar refractivity (Wildman–Crippen MR) is 75.4 cm³/mol. The molecule has 1 nitrogen and oxygen atoms in total. The smallest absolute Gasteiger partial charge is 0.136 e. The lowest BCUT2D eigenvalue weighted by Gasteiger charge is -2.31. The highest BCUT2D eigenvalue weighted by Crippen LogP contribution is 2.34. The lowest BCUT2D eigenvalue weighted by molar-refractivity contribution is -0.124. The summed E-state index contributed by atoms with van der Waals surface area (Å²) in [5.74, 6) is 2.32. The Hall–Kier alpha value is -1.11. The van der Waals surface area contributed by atoms with Gasteiger partial charge in [-0.15, -0.1) is 0 Å². The van der Waals surface area contributed by atoms with Crippen LogP contribution in [0.2, 0.25) is 0 Å². The van der Waals surface area contributed by atoms with Crippen LogP contribution in [-0.2, 0) is 11.2 Å². The first-order valence-corrected chi connectivity index (χ1v) is 7.23. The number of hydrogen-bond acceptors (Lipinski definition) is 1. The van der Waals surface area contributed by atoms with Crippen LogP contribution in [0.5, 0.6) is 0 Å². The van der Waals surface area contributed by atoms with E-state index in [4.69, 9.17) is 0 Å². The van der Waals surface area contributed by atoms with E-state index in [0.717, 1.165) is 31.6 Å². The van der Waals surface area contributed by atoms with Crippen LogP contribution in [0, 0.1) is 17.8 Å². The topological polar surface area (TPSA) is 17.1 Å². The summed E-state index contributed by atoms with van der Waals surface area (Å²) in [5.41, 5.74) is 1.28. The average molecular weight is 244 g/mol. The molecule has 1 aliphatic rings. The summed E-state index contributed by atoms with van der Waals surface area (Å²) >= 11 is 0. The zero-order valence-electron chi connectivity index (χ0n) is 11.6. The average Bonchev–Trinajstić information content (AvgIpc) is 2.40. The standard InChI is InChI=1S/C17H24O/c1-13-8-10-16(12-14(13)2)17(18)11-9-15-6-4-3-5-7-15/h3-7,13-14,16H,8-12H2,1-2H3. The number of hydrogen-bond donors (Lipinski definition) is 0. The van der Waals surface area contributed by atoms with Crippen molar-refractivity contribution in [3.8, 4) is 0 Å². The highest BCUT2D eigenvalue weighted by atomic mass is 16.1. The Balaban J connectivity index is 1.82. The maximum atomic E-state index is 12.2. The van der Waals surface area contributed by atoms with Crippen molar-refractivity contribution in [1.82, 2.24) is 0 Å². The Morgan fingerprint density at radius 1 is 1.11 bits per heavy atom. The van der Waals surface area contributed by atoms with Gasteiger partial charge in [-0.25, -0.2) is 0 Å². The SMILES string of the molecule is CC1CCC(C(=O)CCc2ccccc2)CC1C. The monoisotopic (exact) mass is 244 g/mol. The lowest BCUT2D eigenvalue weighted by Crippen LogP contribution is -2.26. The summed E-state index contributed by atoms with van der Waals surface area (Å²) in [4.78, 5) is 12.2. The molecule has 2 rings (SSSR count). The van der Waals surface area contributed by atoms with Gasteiger partial charge in [-0.2, -0.15) is 0 Å². The second-order valence-electron chi connectivity index (χ2n) is 5.92. The first kappa shape index (κ1) is 13.3. The molecule has 3 atom stereocenters. The molecule has 3 unspecified atom stereocenters. The maximum absolute atomic E-state index is 12.2. The van der Waals surface area contributed by atoms with Crippen LogP contribution in [0.25, 0.3) is 0 Å².